The van der Waals surface area contributed by atoms with Crippen molar-refractivity contribution < 1.29 is 14.7 Å². The summed E-state index contributed by atoms with van der Waals surface area (Å²) >= 11 is 0. The minimum atomic E-state index is -0.913. The van der Waals surface area contributed by atoms with Crippen molar-refractivity contribution in [3.05, 3.63) is 35.9 Å². The Hall–Kier alpha value is -2.04. The molecule has 1 aromatic rings. The van der Waals surface area contributed by atoms with Gasteiger partial charge in [-0.1, -0.05) is 30.3 Å². The van der Waals surface area contributed by atoms with E-state index in [4.69, 9.17) is 0 Å². The Morgan fingerprint density at radius 1 is 1.33 bits per heavy atom. The van der Waals surface area contributed by atoms with Gasteiger partial charge < -0.3 is 14.9 Å². The van der Waals surface area contributed by atoms with E-state index < -0.39 is 12.0 Å². The molecule has 5 nitrogen and oxygen atoms in total. The number of rotatable bonds is 4. The van der Waals surface area contributed by atoms with Crippen molar-refractivity contribution in [1.82, 2.24) is 9.80 Å². The summed E-state index contributed by atoms with van der Waals surface area (Å²) in [6.45, 7) is 4.92. The lowest BCUT2D eigenvalue weighted by Gasteiger charge is -2.33. The van der Waals surface area contributed by atoms with Gasteiger partial charge in [0.15, 0.2) is 0 Å². The number of carbonyl (C=O) groups excluding carboxylic acids is 1. The van der Waals surface area contributed by atoms with E-state index in [2.05, 4.69) is 0 Å². The topological polar surface area (TPSA) is 60.9 Å². The van der Waals surface area contributed by atoms with Crippen LogP contribution in [0.2, 0.25) is 0 Å². The molecule has 5 heteroatoms. The number of nitrogens with zero attached hydrogens (tertiary/aromatic N) is 2. The highest BCUT2D eigenvalue weighted by Gasteiger charge is 2.36. The number of carbonyl (C=O) groups is 2. The van der Waals surface area contributed by atoms with Gasteiger partial charge >= 0.3 is 12.0 Å². The summed E-state index contributed by atoms with van der Waals surface area (Å²) in [7, 11) is 0. The van der Waals surface area contributed by atoms with E-state index in [-0.39, 0.29) is 12.1 Å². The van der Waals surface area contributed by atoms with Gasteiger partial charge in [-0.05, 0) is 32.3 Å². The van der Waals surface area contributed by atoms with Crippen LogP contribution in [0, 0.1) is 0 Å². The second-order valence-corrected chi connectivity index (χ2v) is 5.68. The standard InChI is InChI=1S/C16H22N2O3/c1-12(2)18(11-13-7-4-3-5-8-13)16(21)17-10-6-9-14(17)15(19)20/h3-5,7-8,12,14H,6,9-11H2,1-2H3,(H,19,20)/t14-/m0/s1. The average molecular weight is 290 g/mol. The highest BCUT2D eigenvalue weighted by Crippen LogP contribution is 2.21. The fourth-order valence-electron chi connectivity index (χ4n) is 2.67. The summed E-state index contributed by atoms with van der Waals surface area (Å²) in [5.41, 5.74) is 1.05. The zero-order valence-electron chi connectivity index (χ0n) is 12.5. The van der Waals surface area contributed by atoms with E-state index >= 15 is 0 Å². The van der Waals surface area contributed by atoms with Crippen molar-refractivity contribution in [2.75, 3.05) is 6.54 Å². The molecule has 0 spiro atoms. The molecule has 0 aromatic heterocycles. The molecule has 1 aliphatic rings. The second kappa shape index (κ2) is 6.61. The maximum absolute atomic E-state index is 12.7. The van der Waals surface area contributed by atoms with Crippen LogP contribution < -0.4 is 0 Å². The number of urea groups is 1. The number of carboxylic acids is 1. The van der Waals surface area contributed by atoms with Crippen molar-refractivity contribution in [3.63, 3.8) is 0 Å². The highest BCUT2D eigenvalue weighted by molar-refractivity contribution is 5.83. The summed E-state index contributed by atoms with van der Waals surface area (Å²) in [6.07, 6.45) is 1.29. The van der Waals surface area contributed by atoms with Gasteiger partial charge in [-0.3, -0.25) is 0 Å². The molecule has 2 rings (SSSR count). The largest absolute Gasteiger partial charge is 0.480 e. The van der Waals surface area contributed by atoms with Gasteiger partial charge in [0.05, 0.1) is 0 Å². The molecule has 1 atom stereocenters. The third-order valence-electron chi connectivity index (χ3n) is 3.85. The highest BCUT2D eigenvalue weighted by atomic mass is 16.4. The van der Waals surface area contributed by atoms with Crippen LogP contribution in [-0.2, 0) is 11.3 Å². The molecular weight excluding hydrogens is 268 g/mol. The number of carboxylic acid groups (broad SMARTS) is 1. The molecule has 114 valence electrons. The normalized spacial score (nSPS) is 18.0. The third kappa shape index (κ3) is 3.54. The molecule has 0 aliphatic carbocycles. The van der Waals surface area contributed by atoms with Crippen LogP contribution in [0.3, 0.4) is 0 Å². The molecule has 1 aliphatic heterocycles. The first-order valence-electron chi connectivity index (χ1n) is 7.34. The zero-order chi connectivity index (χ0) is 15.4. The first-order valence-corrected chi connectivity index (χ1v) is 7.34. The molecule has 2 amide bonds. The van der Waals surface area contributed by atoms with Crippen LogP contribution in [0.15, 0.2) is 30.3 Å². The molecule has 0 radical (unpaired) electrons. The smallest absolute Gasteiger partial charge is 0.326 e. The van der Waals surface area contributed by atoms with Crippen LogP contribution >= 0.6 is 0 Å². The Labute approximate surface area is 125 Å². The SMILES string of the molecule is CC(C)N(Cc1ccccc1)C(=O)N1CCC[C@H]1C(=O)O. The number of hydrogen-bond acceptors (Lipinski definition) is 2. The summed E-state index contributed by atoms with van der Waals surface area (Å²) in [5.74, 6) is -0.913. The van der Waals surface area contributed by atoms with Gasteiger partial charge in [0.1, 0.15) is 6.04 Å². The number of aliphatic carboxylic acids is 1. The molecule has 1 aromatic carbocycles. The Kier molecular flexibility index (Phi) is 4.83. The minimum Gasteiger partial charge on any atom is -0.480 e. The van der Waals surface area contributed by atoms with Crippen molar-refractivity contribution in [3.8, 4) is 0 Å². The molecule has 1 N–H and O–H groups in total. The lowest BCUT2D eigenvalue weighted by atomic mass is 10.2. The maximum atomic E-state index is 12.7. The summed E-state index contributed by atoms with van der Waals surface area (Å²) in [6, 6.07) is 8.91. The van der Waals surface area contributed by atoms with Gasteiger partial charge in [0.25, 0.3) is 0 Å². The Balaban J connectivity index is 2.14. The predicted molar refractivity (Wildman–Crippen MR) is 79.9 cm³/mol. The molecule has 21 heavy (non-hydrogen) atoms. The van der Waals surface area contributed by atoms with Crippen LogP contribution in [0.5, 0.6) is 0 Å². The molecule has 0 saturated carbocycles. The van der Waals surface area contributed by atoms with E-state index in [9.17, 15) is 14.7 Å². The monoisotopic (exact) mass is 290 g/mol. The molecule has 1 heterocycles. The van der Waals surface area contributed by atoms with Gasteiger partial charge in [-0.25, -0.2) is 9.59 Å². The quantitative estimate of drug-likeness (QED) is 0.927. The van der Waals surface area contributed by atoms with Crippen LogP contribution in [0.1, 0.15) is 32.3 Å². The van der Waals surface area contributed by atoms with Gasteiger partial charge in [0, 0.05) is 19.1 Å². The fraction of sp³-hybridized carbons (Fsp3) is 0.500. The Morgan fingerprint density at radius 3 is 2.57 bits per heavy atom. The summed E-state index contributed by atoms with van der Waals surface area (Å²) in [4.78, 5) is 27.2. The van der Waals surface area contributed by atoms with E-state index in [1.165, 1.54) is 4.90 Å². The van der Waals surface area contributed by atoms with Crippen LogP contribution in [0.25, 0.3) is 0 Å². The van der Waals surface area contributed by atoms with Gasteiger partial charge in [0.2, 0.25) is 0 Å². The van der Waals surface area contributed by atoms with Crippen molar-refractivity contribution in [1.29, 1.82) is 0 Å². The van der Waals surface area contributed by atoms with Gasteiger partial charge in [-0.15, -0.1) is 0 Å². The molecular formula is C16H22N2O3. The van der Waals surface area contributed by atoms with Crippen molar-refractivity contribution in [2.24, 2.45) is 0 Å². The lowest BCUT2D eigenvalue weighted by molar-refractivity contribution is -0.141. The predicted octanol–water partition coefficient (Wildman–Crippen LogP) is 2.57. The fourth-order valence-corrected chi connectivity index (χ4v) is 2.67. The summed E-state index contributed by atoms with van der Waals surface area (Å²) < 4.78 is 0. The van der Waals surface area contributed by atoms with Crippen molar-refractivity contribution >= 4 is 12.0 Å². The molecule has 1 saturated heterocycles. The summed E-state index contributed by atoms with van der Waals surface area (Å²) in [5, 5.41) is 9.23. The van der Waals surface area contributed by atoms with Crippen LogP contribution in [0.4, 0.5) is 4.79 Å². The molecule has 0 unspecified atom stereocenters. The van der Waals surface area contributed by atoms with E-state index in [0.717, 1.165) is 12.0 Å². The molecule has 0 bridgehead atoms. The first-order chi connectivity index (χ1) is 10.0. The second-order valence-electron chi connectivity index (χ2n) is 5.68. The number of hydrogen-bond donors (Lipinski definition) is 1. The number of benzene rings is 1. The number of amides is 2. The maximum Gasteiger partial charge on any atom is 0.326 e. The first kappa shape index (κ1) is 15.4. The van der Waals surface area contributed by atoms with Crippen LogP contribution in [-0.4, -0.2) is 45.5 Å². The minimum absolute atomic E-state index is 0.0211. The number of likely N-dealkylation sites (tertiary alicyclic amines) is 1. The van der Waals surface area contributed by atoms with E-state index in [0.29, 0.717) is 19.5 Å². The zero-order valence-corrected chi connectivity index (χ0v) is 12.5. The lowest BCUT2D eigenvalue weighted by Crippen LogP contribution is -2.49. The van der Waals surface area contributed by atoms with Crippen molar-refractivity contribution in [2.45, 2.75) is 45.3 Å². The van der Waals surface area contributed by atoms with E-state index in [1.54, 1.807) is 4.90 Å². The average Bonchev–Trinajstić information content (AvgIpc) is 2.94. The third-order valence-corrected chi connectivity index (χ3v) is 3.85. The Bertz CT molecular complexity index is 502. The molecule has 1 fully saturated rings. The van der Waals surface area contributed by atoms with E-state index in [1.807, 2.05) is 44.2 Å². The van der Waals surface area contributed by atoms with Gasteiger partial charge in [-0.2, -0.15) is 0 Å². The Morgan fingerprint density at radius 2 is 2.00 bits per heavy atom.